The van der Waals surface area contributed by atoms with Crippen LogP contribution in [0.3, 0.4) is 0 Å². The lowest BCUT2D eigenvalue weighted by molar-refractivity contribution is -0.138. The minimum Gasteiger partial charge on any atom is -0.480 e. The van der Waals surface area contributed by atoms with Gasteiger partial charge in [-0.15, -0.1) is 12.4 Å². The summed E-state index contributed by atoms with van der Waals surface area (Å²) >= 11 is 2.14. The van der Waals surface area contributed by atoms with E-state index < -0.39 is 5.97 Å². The Kier molecular flexibility index (Phi) is 9.52. The average molecular weight is 413 g/mol. The Bertz CT molecular complexity index is 457. The lowest BCUT2D eigenvalue weighted by atomic mass is 10.3. The van der Waals surface area contributed by atoms with E-state index in [0.717, 1.165) is 15.7 Å². The summed E-state index contributed by atoms with van der Waals surface area (Å²) in [6.07, 6.45) is 0.809. The summed E-state index contributed by atoms with van der Waals surface area (Å²) in [7, 11) is 0. The highest BCUT2D eigenvalue weighted by molar-refractivity contribution is 14.1. The van der Waals surface area contributed by atoms with Crippen molar-refractivity contribution in [1.82, 2.24) is 4.90 Å². The maximum Gasteiger partial charge on any atom is 0.317 e. The maximum atomic E-state index is 11.9. The number of carboxylic acid groups (broad SMARTS) is 1. The number of para-hydroxylation sites is 1. The smallest absolute Gasteiger partial charge is 0.317 e. The van der Waals surface area contributed by atoms with Gasteiger partial charge < -0.3 is 10.4 Å². The van der Waals surface area contributed by atoms with Crippen molar-refractivity contribution in [3.8, 4) is 0 Å². The molecular formula is C13H18ClIN2O3. The van der Waals surface area contributed by atoms with E-state index in [2.05, 4.69) is 27.9 Å². The predicted molar refractivity (Wildman–Crippen MR) is 89.4 cm³/mol. The van der Waals surface area contributed by atoms with E-state index in [1.807, 2.05) is 31.2 Å². The van der Waals surface area contributed by atoms with Crippen LogP contribution in [0.1, 0.15) is 13.3 Å². The topological polar surface area (TPSA) is 69.6 Å². The first-order chi connectivity index (χ1) is 9.02. The minimum absolute atomic E-state index is 0. The zero-order chi connectivity index (χ0) is 14.3. The summed E-state index contributed by atoms with van der Waals surface area (Å²) < 4.78 is 0.953. The van der Waals surface area contributed by atoms with Gasteiger partial charge in [0.2, 0.25) is 5.91 Å². The van der Waals surface area contributed by atoms with Gasteiger partial charge in [0, 0.05) is 3.57 Å². The molecule has 0 aromatic heterocycles. The van der Waals surface area contributed by atoms with E-state index in [4.69, 9.17) is 5.11 Å². The van der Waals surface area contributed by atoms with Crippen LogP contribution in [-0.4, -0.2) is 41.5 Å². The van der Waals surface area contributed by atoms with Gasteiger partial charge in [0.05, 0.1) is 18.8 Å². The second-order valence-electron chi connectivity index (χ2n) is 4.13. The highest BCUT2D eigenvalue weighted by Crippen LogP contribution is 2.16. The highest BCUT2D eigenvalue weighted by Gasteiger charge is 2.13. The Morgan fingerprint density at radius 3 is 2.50 bits per heavy atom. The number of nitrogens with zero attached hydrogens (tertiary/aromatic N) is 1. The van der Waals surface area contributed by atoms with E-state index in [1.165, 1.54) is 0 Å². The third-order valence-electron chi connectivity index (χ3n) is 2.41. The van der Waals surface area contributed by atoms with Gasteiger partial charge in [-0.1, -0.05) is 19.1 Å². The molecule has 1 amide bonds. The molecule has 0 saturated carbocycles. The zero-order valence-corrected chi connectivity index (χ0v) is 14.1. The zero-order valence-electron chi connectivity index (χ0n) is 11.1. The first-order valence-corrected chi connectivity index (χ1v) is 7.09. The Morgan fingerprint density at radius 1 is 1.30 bits per heavy atom. The number of hydrogen-bond donors (Lipinski definition) is 2. The molecule has 112 valence electrons. The van der Waals surface area contributed by atoms with Crippen molar-refractivity contribution < 1.29 is 14.7 Å². The van der Waals surface area contributed by atoms with Crippen molar-refractivity contribution in [2.45, 2.75) is 13.3 Å². The molecule has 5 nitrogen and oxygen atoms in total. The monoisotopic (exact) mass is 412 g/mol. The fourth-order valence-electron chi connectivity index (χ4n) is 1.68. The first-order valence-electron chi connectivity index (χ1n) is 6.01. The molecule has 1 aromatic rings. The molecule has 0 aliphatic rings. The number of halogens is 2. The normalized spacial score (nSPS) is 9.95. The van der Waals surface area contributed by atoms with Gasteiger partial charge in [-0.3, -0.25) is 14.5 Å². The lowest BCUT2D eigenvalue weighted by Crippen LogP contribution is -2.37. The number of benzene rings is 1. The highest BCUT2D eigenvalue weighted by atomic mass is 127. The van der Waals surface area contributed by atoms with E-state index in [9.17, 15) is 9.59 Å². The number of anilines is 1. The van der Waals surface area contributed by atoms with Crippen LogP contribution in [0, 0.1) is 3.57 Å². The molecule has 0 fully saturated rings. The molecule has 20 heavy (non-hydrogen) atoms. The summed E-state index contributed by atoms with van der Waals surface area (Å²) in [5.74, 6) is -1.12. The molecular weight excluding hydrogens is 395 g/mol. The molecule has 0 spiro atoms. The fourth-order valence-corrected chi connectivity index (χ4v) is 2.20. The molecule has 0 saturated heterocycles. The Balaban J connectivity index is 0.00000361. The first kappa shape index (κ1) is 19.1. The number of aliphatic carboxylic acids is 1. The average Bonchev–Trinajstić information content (AvgIpc) is 2.31. The summed E-state index contributed by atoms with van der Waals surface area (Å²) in [6.45, 7) is 2.51. The quantitative estimate of drug-likeness (QED) is 0.675. The minimum atomic E-state index is -0.921. The number of nitrogens with one attached hydrogen (secondary N) is 1. The summed E-state index contributed by atoms with van der Waals surface area (Å²) in [5.41, 5.74) is 0.750. The van der Waals surface area contributed by atoms with Crippen molar-refractivity contribution in [2.75, 3.05) is 25.0 Å². The van der Waals surface area contributed by atoms with E-state index in [1.54, 1.807) is 4.90 Å². The largest absolute Gasteiger partial charge is 0.480 e. The van der Waals surface area contributed by atoms with Crippen LogP contribution in [-0.2, 0) is 9.59 Å². The van der Waals surface area contributed by atoms with Gasteiger partial charge in [-0.05, 0) is 47.7 Å². The third-order valence-corrected chi connectivity index (χ3v) is 3.35. The standard InChI is InChI=1S/C13H17IN2O3.ClH/c1-2-7-16(9-13(18)19)8-12(17)15-11-6-4-3-5-10(11)14;/h3-6H,2,7-9H2,1H3,(H,15,17)(H,18,19);1H. The van der Waals surface area contributed by atoms with Gasteiger partial charge in [0.15, 0.2) is 0 Å². The number of amides is 1. The summed E-state index contributed by atoms with van der Waals surface area (Å²) in [6, 6.07) is 7.46. The van der Waals surface area contributed by atoms with Gasteiger partial charge >= 0.3 is 5.97 Å². The number of carbonyl (C=O) groups excluding carboxylic acids is 1. The van der Waals surface area contributed by atoms with E-state index in [0.29, 0.717) is 6.54 Å². The number of carbonyl (C=O) groups is 2. The molecule has 0 bridgehead atoms. The van der Waals surface area contributed by atoms with Crippen LogP contribution < -0.4 is 5.32 Å². The summed E-state index contributed by atoms with van der Waals surface area (Å²) in [4.78, 5) is 24.2. The fraction of sp³-hybridized carbons (Fsp3) is 0.385. The Morgan fingerprint density at radius 2 is 1.95 bits per heavy atom. The second-order valence-corrected chi connectivity index (χ2v) is 5.29. The molecule has 1 rings (SSSR count). The molecule has 1 aromatic carbocycles. The van der Waals surface area contributed by atoms with Crippen LogP contribution in [0.4, 0.5) is 5.69 Å². The molecule has 0 heterocycles. The van der Waals surface area contributed by atoms with Crippen molar-refractivity contribution in [3.63, 3.8) is 0 Å². The molecule has 2 N–H and O–H groups in total. The number of rotatable bonds is 7. The van der Waals surface area contributed by atoms with Crippen LogP contribution in [0.25, 0.3) is 0 Å². The van der Waals surface area contributed by atoms with Crippen LogP contribution in [0.2, 0.25) is 0 Å². The van der Waals surface area contributed by atoms with Crippen molar-refractivity contribution in [1.29, 1.82) is 0 Å². The molecule has 0 atom stereocenters. The Labute approximate surface area is 138 Å². The van der Waals surface area contributed by atoms with Crippen molar-refractivity contribution in [3.05, 3.63) is 27.8 Å². The van der Waals surface area contributed by atoms with Crippen LogP contribution >= 0.6 is 35.0 Å². The predicted octanol–water partition coefficient (Wildman–Crippen LogP) is 2.45. The Hall–Kier alpha value is -0.860. The van der Waals surface area contributed by atoms with Crippen molar-refractivity contribution in [2.24, 2.45) is 0 Å². The molecule has 0 unspecified atom stereocenters. The van der Waals surface area contributed by atoms with Crippen LogP contribution in [0.15, 0.2) is 24.3 Å². The second kappa shape index (κ2) is 9.95. The molecule has 7 heteroatoms. The maximum absolute atomic E-state index is 11.9. The SMILES string of the molecule is CCCN(CC(=O)O)CC(=O)Nc1ccccc1I.Cl. The van der Waals surface area contributed by atoms with Gasteiger partial charge in [0.25, 0.3) is 0 Å². The number of hydrogen-bond acceptors (Lipinski definition) is 3. The van der Waals surface area contributed by atoms with E-state index >= 15 is 0 Å². The van der Waals surface area contributed by atoms with Gasteiger partial charge in [-0.2, -0.15) is 0 Å². The molecule has 0 radical (unpaired) electrons. The molecule has 0 aliphatic heterocycles. The molecule has 0 aliphatic carbocycles. The summed E-state index contributed by atoms with van der Waals surface area (Å²) in [5, 5.41) is 11.6. The number of carboxylic acids is 1. The third kappa shape index (κ3) is 7.06. The van der Waals surface area contributed by atoms with Crippen molar-refractivity contribution >= 4 is 52.6 Å². The van der Waals surface area contributed by atoms with E-state index in [-0.39, 0.29) is 31.4 Å². The van der Waals surface area contributed by atoms with Crippen LogP contribution in [0.5, 0.6) is 0 Å². The van der Waals surface area contributed by atoms with Gasteiger partial charge in [0.1, 0.15) is 0 Å². The lowest BCUT2D eigenvalue weighted by Gasteiger charge is -2.18. The van der Waals surface area contributed by atoms with Gasteiger partial charge in [-0.25, -0.2) is 0 Å².